The number of fused-ring (bicyclic) bond motifs is 1. The normalized spacial score (nSPS) is 12.8. The van der Waals surface area contributed by atoms with Gasteiger partial charge in [0.15, 0.2) is 0 Å². The summed E-state index contributed by atoms with van der Waals surface area (Å²) in [4.78, 5) is 16.0. The number of pyridine rings is 1. The van der Waals surface area contributed by atoms with E-state index >= 15 is 0 Å². The summed E-state index contributed by atoms with van der Waals surface area (Å²) in [6.07, 6.45) is -11.4. The number of halogens is 7. The van der Waals surface area contributed by atoms with Crippen molar-refractivity contribution in [1.29, 1.82) is 0 Å². The van der Waals surface area contributed by atoms with Gasteiger partial charge in [-0.05, 0) is 24.3 Å². The first kappa shape index (κ1) is 20.6. The van der Waals surface area contributed by atoms with E-state index in [1.807, 2.05) is 0 Å². The number of aromatic nitrogens is 1. The number of benzene rings is 2. The number of alkyl halides is 7. The lowest BCUT2D eigenvalue weighted by molar-refractivity contribution is -0.348. The van der Waals surface area contributed by atoms with Gasteiger partial charge in [0.05, 0.1) is 11.2 Å². The molecular weight excluding hydrogens is 405 g/mol. The van der Waals surface area contributed by atoms with Gasteiger partial charge in [0.1, 0.15) is 0 Å². The standard InChI is InChI=1S/C19H11F7N2O/c20-17(18(21,22)23,19(24,25)26)13-8-9-14(15-12(13)7-4-10-27-15)28-16(29)11-5-2-1-3-6-11/h1-10H,(H,28,29). The van der Waals surface area contributed by atoms with Gasteiger partial charge in [-0.25, -0.2) is 4.39 Å². The van der Waals surface area contributed by atoms with Crippen LogP contribution in [0.15, 0.2) is 60.8 Å². The molecule has 1 N–H and O–H groups in total. The lowest BCUT2D eigenvalue weighted by atomic mass is 9.90. The summed E-state index contributed by atoms with van der Waals surface area (Å²) in [5.41, 5.74) is -7.64. The third-order valence-corrected chi connectivity index (χ3v) is 4.21. The maximum absolute atomic E-state index is 14.6. The first-order chi connectivity index (χ1) is 13.5. The number of hydrogen-bond acceptors (Lipinski definition) is 2. The Kier molecular flexibility index (Phi) is 4.97. The topological polar surface area (TPSA) is 42.0 Å². The number of rotatable bonds is 3. The predicted octanol–water partition coefficient (Wildman–Crippen LogP) is 5.78. The van der Waals surface area contributed by atoms with Crippen LogP contribution in [0.4, 0.5) is 36.4 Å². The molecule has 10 heteroatoms. The molecule has 0 unspecified atom stereocenters. The van der Waals surface area contributed by atoms with Crippen molar-refractivity contribution in [3.05, 3.63) is 71.9 Å². The van der Waals surface area contributed by atoms with E-state index in [4.69, 9.17) is 0 Å². The smallest absolute Gasteiger partial charge is 0.320 e. The molecule has 0 aliphatic rings. The molecule has 0 fully saturated rings. The summed E-state index contributed by atoms with van der Waals surface area (Å²) in [5.74, 6) is -0.663. The van der Waals surface area contributed by atoms with Crippen LogP contribution in [0.2, 0.25) is 0 Å². The summed E-state index contributed by atoms with van der Waals surface area (Å²) in [5, 5.41) is 1.64. The van der Waals surface area contributed by atoms with Gasteiger partial charge in [-0.2, -0.15) is 26.3 Å². The zero-order valence-electron chi connectivity index (χ0n) is 14.3. The van der Waals surface area contributed by atoms with Gasteiger partial charge < -0.3 is 5.32 Å². The SMILES string of the molecule is O=C(Nc1ccc(C(F)(C(F)(F)F)C(F)(F)F)c2cccnc12)c1ccccc1. The molecule has 3 nitrogen and oxygen atoms in total. The molecule has 0 saturated heterocycles. The molecule has 2 aromatic carbocycles. The van der Waals surface area contributed by atoms with Crippen LogP contribution in [0.25, 0.3) is 10.9 Å². The van der Waals surface area contributed by atoms with Gasteiger partial charge in [0.2, 0.25) is 0 Å². The Bertz CT molecular complexity index is 1030. The first-order valence-corrected chi connectivity index (χ1v) is 8.04. The number of hydrogen-bond donors (Lipinski definition) is 1. The highest BCUT2D eigenvalue weighted by Gasteiger charge is 2.74. The van der Waals surface area contributed by atoms with Crippen molar-refractivity contribution in [2.75, 3.05) is 5.32 Å². The van der Waals surface area contributed by atoms with Gasteiger partial charge in [-0.1, -0.05) is 30.3 Å². The third-order valence-electron chi connectivity index (χ3n) is 4.21. The average Bonchev–Trinajstić information content (AvgIpc) is 2.66. The average molecular weight is 416 g/mol. The molecular formula is C19H11F7N2O. The fourth-order valence-electron chi connectivity index (χ4n) is 2.82. The Labute approximate surface area is 159 Å². The Balaban J connectivity index is 2.17. The summed E-state index contributed by atoms with van der Waals surface area (Å²) >= 11 is 0. The number of carbonyl (C=O) groups is 1. The summed E-state index contributed by atoms with van der Waals surface area (Å²) < 4.78 is 93.5. The highest BCUT2D eigenvalue weighted by molar-refractivity contribution is 6.08. The van der Waals surface area contributed by atoms with E-state index in [0.29, 0.717) is 6.07 Å². The fraction of sp³-hybridized carbons (Fsp3) is 0.158. The van der Waals surface area contributed by atoms with E-state index in [1.165, 1.54) is 12.1 Å². The number of nitrogens with one attached hydrogen (secondary N) is 1. The second kappa shape index (κ2) is 7.02. The second-order valence-electron chi connectivity index (χ2n) is 6.03. The van der Waals surface area contributed by atoms with Crippen LogP contribution in [-0.2, 0) is 5.67 Å². The number of amides is 1. The van der Waals surface area contributed by atoms with Gasteiger partial charge in [0, 0.05) is 22.7 Å². The minimum absolute atomic E-state index is 0.162. The molecule has 0 aliphatic carbocycles. The van der Waals surface area contributed by atoms with Crippen LogP contribution in [-0.4, -0.2) is 23.2 Å². The number of carbonyl (C=O) groups excluding carboxylic acids is 1. The molecule has 0 aliphatic heterocycles. The Hall–Kier alpha value is -3.17. The largest absolute Gasteiger partial charge is 0.435 e. The van der Waals surface area contributed by atoms with Gasteiger partial charge >= 0.3 is 18.0 Å². The minimum Gasteiger partial charge on any atom is -0.320 e. The second-order valence-corrected chi connectivity index (χ2v) is 6.03. The molecule has 0 spiro atoms. The molecule has 0 saturated carbocycles. The van der Waals surface area contributed by atoms with E-state index in [1.54, 1.807) is 18.2 Å². The van der Waals surface area contributed by atoms with Crippen molar-refractivity contribution in [3.8, 4) is 0 Å². The fourth-order valence-corrected chi connectivity index (χ4v) is 2.82. The van der Waals surface area contributed by atoms with Crippen molar-refractivity contribution < 1.29 is 35.5 Å². The number of nitrogens with zero attached hydrogens (tertiary/aromatic N) is 1. The van der Waals surface area contributed by atoms with E-state index in [-0.39, 0.29) is 11.3 Å². The lowest BCUT2D eigenvalue weighted by Gasteiger charge is -2.31. The van der Waals surface area contributed by atoms with Crippen molar-refractivity contribution in [3.63, 3.8) is 0 Å². The molecule has 152 valence electrons. The maximum atomic E-state index is 14.6. The Morgan fingerprint density at radius 1 is 0.793 bits per heavy atom. The number of anilines is 1. The molecule has 0 radical (unpaired) electrons. The summed E-state index contributed by atoms with van der Waals surface area (Å²) in [6, 6.07) is 10.8. The molecule has 0 bridgehead atoms. The highest BCUT2D eigenvalue weighted by Crippen LogP contribution is 2.54. The van der Waals surface area contributed by atoms with Crippen molar-refractivity contribution in [2.24, 2.45) is 0 Å². The van der Waals surface area contributed by atoms with Gasteiger partial charge in [-0.15, -0.1) is 0 Å². The monoisotopic (exact) mass is 416 g/mol. The van der Waals surface area contributed by atoms with E-state index in [0.717, 1.165) is 24.4 Å². The predicted molar refractivity (Wildman–Crippen MR) is 91.0 cm³/mol. The van der Waals surface area contributed by atoms with Gasteiger partial charge in [0.25, 0.3) is 5.91 Å². The zero-order chi connectivity index (χ0) is 21.4. The summed E-state index contributed by atoms with van der Waals surface area (Å²) in [6.45, 7) is 0. The Morgan fingerprint density at radius 3 is 2.00 bits per heavy atom. The van der Waals surface area contributed by atoms with Crippen molar-refractivity contribution in [2.45, 2.75) is 18.0 Å². The van der Waals surface area contributed by atoms with Crippen LogP contribution in [0.3, 0.4) is 0 Å². The zero-order valence-corrected chi connectivity index (χ0v) is 14.3. The van der Waals surface area contributed by atoms with Crippen molar-refractivity contribution >= 4 is 22.5 Å². The molecule has 3 aromatic rings. The van der Waals surface area contributed by atoms with Crippen LogP contribution in [0, 0.1) is 0 Å². The van der Waals surface area contributed by atoms with E-state index in [9.17, 15) is 35.5 Å². The van der Waals surface area contributed by atoms with Crippen LogP contribution in [0.5, 0.6) is 0 Å². The molecule has 1 heterocycles. The first-order valence-electron chi connectivity index (χ1n) is 8.04. The van der Waals surface area contributed by atoms with E-state index in [2.05, 4.69) is 10.3 Å². The highest BCUT2D eigenvalue weighted by atomic mass is 19.4. The third kappa shape index (κ3) is 3.50. The molecule has 0 atom stereocenters. The lowest BCUT2D eigenvalue weighted by Crippen LogP contribution is -2.50. The van der Waals surface area contributed by atoms with E-state index < -0.39 is 40.4 Å². The minimum atomic E-state index is -6.26. The molecule has 1 aromatic heterocycles. The Morgan fingerprint density at radius 2 is 1.41 bits per heavy atom. The van der Waals surface area contributed by atoms with Crippen LogP contribution in [0.1, 0.15) is 15.9 Å². The van der Waals surface area contributed by atoms with Crippen molar-refractivity contribution in [1.82, 2.24) is 4.98 Å². The maximum Gasteiger partial charge on any atom is 0.435 e. The molecule has 1 amide bonds. The van der Waals surface area contributed by atoms with Crippen LogP contribution < -0.4 is 5.32 Å². The van der Waals surface area contributed by atoms with Crippen LogP contribution >= 0.6 is 0 Å². The molecule has 29 heavy (non-hydrogen) atoms. The summed E-state index contributed by atoms with van der Waals surface area (Å²) in [7, 11) is 0. The molecule has 3 rings (SSSR count). The van der Waals surface area contributed by atoms with Gasteiger partial charge in [-0.3, -0.25) is 9.78 Å². The quantitative estimate of drug-likeness (QED) is 0.551.